The van der Waals surface area contributed by atoms with Crippen LogP contribution in [0.4, 0.5) is 0 Å². The van der Waals surface area contributed by atoms with Crippen LogP contribution in [0.25, 0.3) is 0 Å². The van der Waals surface area contributed by atoms with Crippen molar-refractivity contribution in [3.05, 3.63) is 0 Å². The van der Waals surface area contributed by atoms with Crippen LogP contribution in [-0.4, -0.2) is 49.3 Å². The molecule has 1 heterocycles. The van der Waals surface area contributed by atoms with Crippen molar-refractivity contribution in [3.8, 4) is 0 Å². The van der Waals surface area contributed by atoms with Crippen LogP contribution in [0.2, 0.25) is 0 Å². The summed E-state index contributed by atoms with van der Waals surface area (Å²) in [5, 5.41) is 12.7. The summed E-state index contributed by atoms with van der Waals surface area (Å²) >= 11 is 0. The van der Waals surface area contributed by atoms with Crippen molar-refractivity contribution in [2.45, 2.75) is 32.1 Å². The van der Waals surface area contributed by atoms with Gasteiger partial charge in [-0.05, 0) is 18.8 Å². The normalized spacial score (nSPS) is 30.2. The van der Waals surface area contributed by atoms with Crippen LogP contribution >= 0.6 is 0 Å². The van der Waals surface area contributed by atoms with Crippen molar-refractivity contribution in [2.24, 2.45) is 11.8 Å². The second kappa shape index (κ2) is 6.58. The van der Waals surface area contributed by atoms with Crippen LogP contribution in [0.3, 0.4) is 0 Å². The van der Waals surface area contributed by atoms with Gasteiger partial charge in [0.15, 0.2) is 0 Å². The van der Waals surface area contributed by atoms with Crippen LogP contribution in [0, 0.1) is 11.8 Å². The Kier molecular flexibility index (Phi) is 5.07. The Morgan fingerprint density at radius 1 is 1.12 bits per heavy atom. The summed E-state index contributed by atoms with van der Waals surface area (Å²) in [6, 6.07) is 0. The highest BCUT2D eigenvalue weighted by Gasteiger charge is 2.21. The quantitative estimate of drug-likeness (QED) is 0.756. The Hall–Kier alpha value is -0.120. The van der Waals surface area contributed by atoms with Gasteiger partial charge in [0.1, 0.15) is 0 Å². The highest BCUT2D eigenvalue weighted by atomic mass is 16.3. The first-order valence-electron chi connectivity index (χ1n) is 6.92. The van der Waals surface area contributed by atoms with E-state index in [1.807, 2.05) is 0 Å². The van der Waals surface area contributed by atoms with Gasteiger partial charge in [-0.2, -0.15) is 0 Å². The number of aliphatic hydroxyl groups excluding tert-OH is 1. The number of hydrogen-bond donors (Lipinski definition) is 2. The van der Waals surface area contributed by atoms with E-state index in [4.69, 9.17) is 0 Å². The van der Waals surface area contributed by atoms with Crippen LogP contribution in [-0.2, 0) is 0 Å². The van der Waals surface area contributed by atoms with Gasteiger partial charge >= 0.3 is 0 Å². The summed E-state index contributed by atoms with van der Waals surface area (Å²) < 4.78 is 0. The van der Waals surface area contributed by atoms with Gasteiger partial charge in [0.05, 0.1) is 0 Å². The molecule has 2 fully saturated rings. The highest BCUT2D eigenvalue weighted by molar-refractivity contribution is 4.76. The molecule has 16 heavy (non-hydrogen) atoms. The number of nitrogens with one attached hydrogen (secondary N) is 1. The molecular weight excluding hydrogens is 200 g/mol. The fraction of sp³-hybridized carbons (Fsp3) is 1.00. The third kappa shape index (κ3) is 3.72. The average Bonchev–Trinajstić information content (AvgIpc) is 2.55. The zero-order valence-corrected chi connectivity index (χ0v) is 10.3. The van der Waals surface area contributed by atoms with E-state index in [0.717, 1.165) is 32.1 Å². The van der Waals surface area contributed by atoms with Gasteiger partial charge in [-0.15, -0.1) is 0 Å². The molecule has 3 heteroatoms. The average molecular weight is 226 g/mol. The predicted octanol–water partition coefficient (Wildman–Crippen LogP) is 1.08. The molecule has 2 rings (SSSR count). The fourth-order valence-electron chi connectivity index (χ4n) is 3.09. The second-order valence-electron chi connectivity index (χ2n) is 5.52. The first-order valence-corrected chi connectivity index (χ1v) is 6.92. The SMILES string of the molecule is OC[C@H]1CNCCN(CC2CCCCC2)C1. The summed E-state index contributed by atoms with van der Waals surface area (Å²) in [5.41, 5.74) is 0. The summed E-state index contributed by atoms with van der Waals surface area (Å²) in [6.45, 7) is 5.90. The van der Waals surface area contributed by atoms with Gasteiger partial charge in [-0.25, -0.2) is 0 Å². The molecule has 1 atom stereocenters. The summed E-state index contributed by atoms with van der Waals surface area (Å²) in [6.07, 6.45) is 7.15. The zero-order valence-electron chi connectivity index (χ0n) is 10.3. The zero-order chi connectivity index (χ0) is 11.2. The minimum Gasteiger partial charge on any atom is -0.396 e. The van der Waals surface area contributed by atoms with Gasteiger partial charge in [0.2, 0.25) is 0 Å². The van der Waals surface area contributed by atoms with Crippen LogP contribution in [0.15, 0.2) is 0 Å². The first-order chi connectivity index (χ1) is 7.88. The van der Waals surface area contributed by atoms with Gasteiger partial charge in [-0.1, -0.05) is 19.3 Å². The largest absolute Gasteiger partial charge is 0.396 e. The van der Waals surface area contributed by atoms with E-state index >= 15 is 0 Å². The molecule has 1 saturated carbocycles. The number of rotatable bonds is 3. The molecule has 0 aromatic heterocycles. The molecule has 0 bridgehead atoms. The van der Waals surface area contributed by atoms with Crippen LogP contribution in [0.1, 0.15) is 32.1 Å². The third-order valence-electron chi connectivity index (χ3n) is 4.05. The Morgan fingerprint density at radius 2 is 1.94 bits per heavy atom. The predicted molar refractivity (Wildman–Crippen MR) is 66.5 cm³/mol. The first kappa shape index (κ1) is 12.3. The van der Waals surface area contributed by atoms with E-state index in [0.29, 0.717) is 12.5 Å². The Balaban J connectivity index is 1.77. The van der Waals surface area contributed by atoms with Crippen molar-refractivity contribution in [1.29, 1.82) is 0 Å². The molecule has 0 aromatic rings. The molecule has 1 aliphatic carbocycles. The molecule has 0 unspecified atom stereocenters. The number of nitrogens with zero attached hydrogens (tertiary/aromatic N) is 1. The monoisotopic (exact) mass is 226 g/mol. The minimum absolute atomic E-state index is 0.328. The lowest BCUT2D eigenvalue weighted by molar-refractivity contribution is 0.156. The van der Waals surface area contributed by atoms with E-state index in [2.05, 4.69) is 10.2 Å². The maximum absolute atomic E-state index is 9.27. The summed E-state index contributed by atoms with van der Waals surface area (Å²) in [4.78, 5) is 2.57. The summed E-state index contributed by atoms with van der Waals surface area (Å²) in [5.74, 6) is 1.36. The maximum atomic E-state index is 9.27. The van der Waals surface area contributed by atoms with Crippen molar-refractivity contribution < 1.29 is 5.11 Å². The molecular formula is C13H26N2O. The summed E-state index contributed by atoms with van der Waals surface area (Å²) in [7, 11) is 0. The van der Waals surface area contributed by atoms with E-state index in [9.17, 15) is 5.11 Å². The van der Waals surface area contributed by atoms with Gasteiger partial charge in [-0.3, -0.25) is 0 Å². The maximum Gasteiger partial charge on any atom is 0.0483 e. The standard InChI is InChI=1S/C13H26N2O/c16-11-13-8-14-6-7-15(10-13)9-12-4-2-1-3-5-12/h12-14,16H,1-11H2/t13-/m0/s1. The van der Waals surface area contributed by atoms with E-state index in [1.54, 1.807) is 0 Å². The van der Waals surface area contributed by atoms with Crippen LogP contribution < -0.4 is 5.32 Å². The van der Waals surface area contributed by atoms with Gasteiger partial charge in [0.25, 0.3) is 0 Å². The molecule has 0 aromatic carbocycles. The Morgan fingerprint density at radius 3 is 2.69 bits per heavy atom. The molecule has 1 saturated heterocycles. The molecule has 3 nitrogen and oxygen atoms in total. The fourth-order valence-corrected chi connectivity index (χ4v) is 3.09. The lowest BCUT2D eigenvalue weighted by Crippen LogP contribution is -2.36. The molecule has 0 amide bonds. The van der Waals surface area contributed by atoms with Crippen LogP contribution in [0.5, 0.6) is 0 Å². The number of hydrogen-bond acceptors (Lipinski definition) is 3. The molecule has 0 radical (unpaired) electrons. The van der Waals surface area contributed by atoms with Gasteiger partial charge < -0.3 is 15.3 Å². The van der Waals surface area contributed by atoms with E-state index in [-0.39, 0.29) is 0 Å². The van der Waals surface area contributed by atoms with Crippen molar-refractivity contribution in [2.75, 3.05) is 39.3 Å². The Labute approximate surface area is 99.2 Å². The Bertz CT molecular complexity index is 192. The second-order valence-corrected chi connectivity index (χ2v) is 5.52. The lowest BCUT2D eigenvalue weighted by atomic mass is 9.89. The number of aliphatic hydroxyl groups is 1. The van der Waals surface area contributed by atoms with E-state index < -0.39 is 0 Å². The molecule has 2 N–H and O–H groups in total. The van der Waals surface area contributed by atoms with Crippen molar-refractivity contribution in [3.63, 3.8) is 0 Å². The molecule has 2 aliphatic rings. The lowest BCUT2D eigenvalue weighted by Gasteiger charge is -2.29. The highest BCUT2D eigenvalue weighted by Crippen LogP contribution is 2.24. The smallest absolute Gasteiger partial charge is 0.0483 e. The topological polar surface area (TPSA) is 35.5 Å². The van der Waals surface area contributed by atoms with Gasteiger partial charge in [0, 0.05) is 45.2 Å². The van der Waals surface area contributed by atoms with E-state index in [1.165, 1.54) is 38.6 Å². The third-order valence-corrected chi connectivity index (χ3v) is 4.05. The minimum atomic E-state index is 0.328. The van der Waals surface area contributed by atoms with Crippen molar-refractivity contribution in [1.82, 2.24) is 10.2 Å². The molecule has 94 valence electrons. The molecule has 1 aliphatic heterocycles. The van der Waals surface area contributed by atoms with Crippen molar-refractivity contribution >= 4 is 0 Å². The molecule has 0 spiro atoms.